The highest BCUT2D eigenvalue weighted by molar-refractivity contribution is 6.38. The molecule has 0 N–H and O–H groups in total. The zero-order chi connectivity index (χ0) is 9.28. The molecule has 0 saturated carbocycles. The first-order valence-corrected chi connectivity index (χ1v) is 4.35. The van der Waals surface area contributed by atoms with E-state index in [1.54, 1.807) is 0 Å². The van der Waals surface area contributed by atoms with Crippen molar-refractivity contribution in [3.05, 3.63) is 13.2 Å². The SMILES string of the molecule is C=C.CO[SiH](OC)OC(C)=O. The molecule has 66 valence electrons. The molecule has 0 rings (SSSR count). The lowest BCUT2D eigenvalue weighted by Crippen LogP contribution is -2.25. The Labute approximate surface area is 68.7 Å². The summed E-state index contributed by atoms with van der Waals surface area (Å²) in [5.74, 6) is -0.365. The van der Waals surface area contributed by atoms with Crippen molar-refractivity contribution < 1.29 is 18.1 Å². The second-order valence-electron chi connectivity index (χ2n) is 1.37. The van der Waals surface area contributed by atoms with Crippen molar-refractivity contribution in [1.29, 1.82) is 0 Å². The molecule has 0 aromatic carbocycles. The Morgan fingerprint density at radius 1 is 1.27 bits per heavy atom. The largest absolute Gasteiger partial charge is 0.550 e. The number of carbonyl (C=O) groups is 1. The Hall–Kier alpha value is -0.653. The molecule has 0 saturated heterocycles. The van der Waals surface area contributed by atoms with E-state index >= 15 is 0 Å². The predicted molar refractivity (Wildman–Crippen MR) is 44.2 cm³/mol. The number of rotatable bonds is 3. The molecule has 4 nitrogen and oxygen atoms in total. The summed E-state index contributed by atoms with van der Waals surface area (Å²) >= 11 is 0. The summed E-state index contributed by atoms with van der Waals surface area (Å²) in [4.78, 5) is 10.2. The molecule has 0 aliphatic carbocycles. The van der Waals surface area contributed by atoms with Crippen molar-refractivity contribution in [3.63, 3.8) is 0 Å². The van der Waals surface area contributed by atoms with Crippen LogP contribution in [-0.4, -0.2) is 29.7 Å². The maximum absolute atomic E-state index is 10.2. The zero-order valence-corrected chi connectivity index (χ0v) is 8.28. The molecule has 0 amide bonds. The minimum absolute atomic E-state index is 0.365. The van der Waals surface area contributed by atoms with Gasteiger partial charge in [0, 0.05) is 21.1 Å². The molecule has 0 fully saturated rings. The van der Waals surface area contributed by atoms with E-state index in [-0.39, 0.29) is 5.97 Å². The molecule has 0 atom stereocenters. The molecule has 0 bridgehead atoms. The van der Waals surface area contributed by atoms with Gasteiger partial charge in [0.05, 0.1) is 0 Å². The van der Waals surface area contributed by atoms with Crippen LogP contribution in [0.25, 0.3) is 0 Å². The third-order valence-corrected chi connectivity index (χ3v) is 1.94. The van der Waals surface area contributed by atoms with E-state index in [1.807, 2.05) is 0 Å². The van der Waals surface area contributed by atoms with Gasteiger partial charge in [-0.1, -0.05) is 0 Å². The van der Waals surface area contributed by atoms with Crippen LogP contribution in [0.1, 0.15) is 6.92 Å². The average molecular weight is 178 g/mol. The summed E-state index contributed by atoms with van der Waals surface area (Å²) in [6.45, 7) is 7.32. The van der Waals surface area contributed by atoms with E-state index in [1.165, 1.54) is 21.1 Å². The van der Waals surface area contributed by atoms with E-state index < -0.39 is 9.53 Å². The van der Waals surface area contributed by atoms with Gasteiger partial charge in [-0.25, -0.2) is 0 Å². The minimum atomic E-state index is -2.10. The quantitative estimate of drug-likeness (QED) is 0.462. The van der Waals surface area contributed by atoms with E-state index in [4.69, 9.17) is 0 Å². The van der Waals surface area contributed by atoms with E-state index in [0.717, 1.165) is 0 Å². The Morgan fingerprint density at radius 2 is 1.64 bits per heavy atom. The maximum Gasteiger partial charge on any atom is 0.550 e. The van der Waals surface area contributed by atoms with Gasteiger partial charge in [-0.05, 0) is 0 Å². The summed E-state index contributed by atoms with van der Waals surface area (Å²) < 4.78 is 14.0. The fourth-order valence-corrected chi connectivity index (χ4v) is 0.984. The molecule has 5 heteroatoms. The van der Waals surface area contributed by atoms with Crippen LogP contribution in [0.3, 0.4) is 0 Å². The van der Waals surface area contributed by atoms with E-state index in [0.29, 0.717) is 0 Å². The number of hydrogen-bond acceptors (Lipinski definition) is 4. The van der Waals surface area contributed by atoms with Crippen LogP contribution in [0.4, 0.5) is 0 Å². The van der Waals surface area contributed by atoms with Crippen LogP contribution in [0.15, 0.2) is 13.2 Å². The first-order chi connectivity index (χ1) is 5.20. The van der Waals surface area contributed by atoms with Crippen molar-refractivity contribution >= 4 is 15.5 Å². The molecule has 0 aliphatic heterocycles. The third-order valence-electron chi connectivity index (χ3n) is 0.647. The molecule has 11 heavy (non-hydrogen) atoms. The van der Waals surface area contributed by atoms with Crippen molar-refractivity contribution in [1.82, 2.24) is 0 Å². The van der Waals surface area contributed by atoms with Gasteiger partial charge in [-0.15, -0.1) is 13.2 Å². The van der Waals surface area contributed by atoms with Crippen LogP contribution in [-0.2, 0) is 18.1 Å². The molecule has 0 heterocycles. The summed E-state index contributed by atoms with van der Waals surface area (Å²) in [5.41, 5.74) is 0. The number of hydrogen-bond donors (Lipinski definition) is 0. The molecule has 0 aromatic rings. The lowest BCUT2D eigenvalue weighted by molar-refractivity contribution is -0.134. The van der Waals surface area contributed by atoms with Crippen LogP contribution in [0.5, 0.6) is 0 Å². The molecular weight excluding hydrogens is 164 g/mol. The molecular formula is C6H14O4Si. The normalized spacial score (nSPS) is 8.36. The minimum Gasteiger partial charge on any atom is -0.476 e. The molecule has 0 aromatic heterocycles. The summed E-state index contributed by atoms with van der Waals surface area (Å²) in [7, 11) is 0.796. The monoisotopic (exact) mass is 178 g/mol. The van der Waals surface area contributed by atoms with Crippen LogP contribution >= 0.6 is 0 Å². The molecule has 0 aliphatic rings. The predicted octanol–water partition coefficient (Wildman–Crippen LogP) is 0.362. The summed E-state index contributed by atoms with van der Waals surface area (Å²) in [5, 5.41) is 0. The standard InChI is InChI=1S/C4H10O4Si.C2H4/c1-4(5)8-9(6-2)7-3;1-2/h9H,1-3H3;1-2H2. The fraction of sp³-hybridized carbons (Fsp3) is 0.500. The van der Waals surface area contributed by atoms with Gasteiger partial charge >= 0.3 is 9.53 Å². The highest BCUT2D eigenvalue weighted by Gasteiger charge is 2.13. The van der Waals surface area contributed by atoms with Gasteiger partial charge in [0.25, 0.3) is 5.97 Å². The smallest absolute Gasteiger partial charge is 0.476 e. The first-order valence-electron chi connectivity index (χ1n) is 2.93. The van der Waals surface area contributed by atoms with Gasteiger partial charge in [-0.2, -0.15) is 0 Å². The van der Waals surface area contributed by atoms with Gasteiger partial charge in [0.15, 0.2) is 0 Å². The first kappa shape index (κ1) is 13.0. The van der Waals surface area contributed by atoms with Gasteiger partial charge in [0.1, 0.15) is 0 Å². The van der Waals surface area contributed by atoms with Crippen molar-refractivity contribution in [2.24, 2.45) is 0 Å². The fourth-order valence-electron chi connectivity index (χ4n) is 0.328. The van der Waals surface area contributed by atoms with Crippen LogP contribution in [0.2, 0.25) is 0 Å². The Kier molecular flexibility index (Phi) is 11.0. The molecule has 0 unspecified atom stereocenters. The topological polar surface area (TPSA) is 44.8 Å². The lowest BCUT2D eigenvalue weighted by Gasteiger charge is -2.08. The van der Waals surface area contributed by atoms with Gasteiger partial charge in [-0.3, -0.25) is 4.79 Å². The maximum atomic E-state index is 10.2. The average Bonchev–Trinajstić information content (AvgIpc) is 2.03. The summed E-state index contributed by atoms with van der Waals surface area (Å²) in [6, 6.07) is 0. The third kappa shape index (κ3) is 9.35. The van der Waals surface area contributed by atoms with Crippen molar-refractivity contribution in [2.45, 2.75) is 6.92 Å². The van der Waals surface area contributed by atoms with Gasteiger partial charge in [0.2, 0.25) is 0 Å². The lowest BCUT2D eigenvalue weighted by atomic mass is 10.9. The Bertz CT molecular complexity index is 103. The number of carbonyl (C=O) groups excluding carboxylic acids is 1. The Balaban J connectivity index is 0. The second kappa shape index (κ2) is 9.35. The zero-order valence-electron chi connectivity index (χ0n) is 7.12. The van der Waals surface area contributed by atoms with Gasteiger partial charge < -0.3 is 13.3 Å². The van der Waals surface area contributed by atoms with Crippen LogP contribution < -0.4 is 0 Å². The van der Waals surface area contributed by atoms with Crippen molar-refractivity contribution in [2.75, 3.05) is 14.2 Å². The van der Waals surface area contributed by atoms with Crippen LogP contribution in [0, 0.1) is 0 Å². The highest BCUT2D eigenvalue weighted by Crippen LogP contribution is 1.87. The van der Waals surface area contributed by atoms with Crippen molar-refractivity contribution in [3.8, 4) is 0 Å². The second-order valence-corrected chi connectivity index (χ2v) is 3.13. The molecule has 0 radical (unpaired) electrons. The van der Waals surface area contributed by atoms with E-state index in [9.17, 15) is 4.79 Å². The molecule has 0 spiro atoms. The highest BCUT2D eigenvalue weighted by atomic mass is 28.3. The van der Waals surface area contributed by atoms with E-state index in [2.05, 4.69) is 26.4 Å². The Morgan fingerprint density at radius 3 is 1.73 bits per heavy atom. The summed E-state index contributed by atoms with van der Waals surface area (Å²) in [6.07, 6.45) is 0.